The molecule has 0 fully saturated rings. The zero-order valence-corrected chi connectivity index (χ0v) is 3.89. The van der Waals surface area contributed by atoms with Crippen LogP contribution >= 0.6 is 0 Å². The molecule has 0 aromatic carbocycles. The monoisotopic (exact) mass is 102 g/mol. The van der Waals surface area contributed by atoms with Crippen LogP contribution in [0.5, 0.6) is 0 Å². The Balaban J connectivity index is 3.32. The summed E-state index contributed by atoms with van der Waals surface area (Å²) < 4.78 is 3.97. The van der Waals surface area contributed by atoms with Crippen molar-refractivity contribution in [3.63, 3.8) is 0 Å². The van der Waals surface area contributed by atoms with E-state index in [0.29, 0.717) is 0 Å². The second-order valence-electron chi connectivity index (χ2n) is 0.977. The minimum atomic E-state index is -0.937. The standard InChI is InChI=1S/C3H6N2O2/c1-2(4)7-3(5)6/h4H,1H3,(H2,5,6). The van der Waals surface area contributed by atoms with Crippen molar-refractivity contribution in [2.45, 2.75) is 6.92 Å². The van der Waals surface area contributed by atoms with Crippen LogP contribution in [-0.2, 0) is 4.74 Å². The number of carbonyl (C=O) groups is 1. The fraction of sp³-hybridized carbons (Fsp3) is 0.333. The molecule has 0 bridgehead atoms. The molecule has 0 aliphatic carbocycles. The first-order chi connectivity index (χ1) is 3.13. The summed E-state index contributed by atoms with van der Waals surface area (Å²) >= 11 is 0. The number of nitrogens with one attached hydrogen (secondary N) is 1. The lowest BCUT2D eigenvalue weighted by Gasteiger charge is -1.91. The lowest BCUT2D eigenvalue weighted by molar-refractivity contribution is 0.207. The average molecular weight is 102 g/mol. The summed E-state index contributed by atoms with van der Waals surface area (Å²) in [6.07, 6.45) is -0.937. The maximum absolute atomic E-state index is 9.67. The van der Waals surface area contributed by atoms with Crippen LogP contribution < -0.4 is 5.73 Å². The maximum Gasteiger partial charge on any atom is 0.411 e. The van der Waals surface area contributed by atoms with Crippen LogP contribution in [0.4, 0.5) is 4.79 Å². The van der Waals surface area contributed by atoms with E-state index in [9.17, 15) is 4.79 Å². The van der Waals surface area contributed by atoms with Gasteiger partial charge in [-0.05, 0) is 0 Å². The van der Waals surface area contributed by atoms with Gasteiger partial charge < -0.3 is 10.5 Å². The van der Waals surface area contributed by atoms with Crippen LogP contribution in [0.3, 0.4) is 0 Å². The molecule has 0 rings (SSSR count). The summed E-state index contributed by atoms with van der Waals surface area (Å²) in [6.45, 7) is 1.32. The topological polar surface area (TPSA) is 76.2 Å². The van der Waals surface area contributed by atoms with Crippen molar-refractivity contribution in [2.24, 2.45) is 5.73 Å². The molecule has 0 spiro atoms. The fourth-order valence-electron chi connectivity index (χ4n) is 0.151. The third-order valence-electron chi connectivity index (χ3n) is 0.254. The van der Waals surface area contributed by atoms with Gasteiger partial charge in [0.15, 0.2) is 5.90 Å². The van der Waals surface area contributed by atoms with E-state index in [0.717, 1.165) is 0 Å². The van der Waals surface area contributed by atoms with Crippen molar-refractivity contribution in [1.82, 2.24) is 0 Å². The summed E-state index contributed by atoms with van der Waals surface area (Å²) in [5.41, 5.74) is 4.49. The average Bonchev–Trinajstić information content (AvgIpc) is 1.27. The predicted molar refractivity (Wildman–Crippen MR) is 24.1 cm³/mol. The second-order valence-corrected chi connectivity index (χ2v) is 0.977. The molecule has 0 atom stereocenters. The second kappa shape index (κ2) is 2.17. The zero-order chi connectivity index (χ0) is 5.86. The van der Waals surface area contributed by atoms with Gasteiger partial charge in [-0.1, -0.05) is 0 Å². The highest BCUT2D eigenvalue weighted by Crippen LogP contribution is 1.71. The molecule has 0 saturated heterocycles. The highest BCUT2D eigenvalue weighted by atomic mass is 16.6. The predicted octanol–water partition coefficient (Wildman–Crippen LogP) is 0.0789. The highest BCUT2D eigenvalue weighted by Gasteiger charge is 1.90. The number of nitrogens with two attached hydrogens (primary N) is 1. The number of ether oxygens (including phenoxy) is 1. The van der Waals surface area contributed by atoms with Gasteiger partial charge in [-0.3, -0.25) is 5.41 Å². The van der Waals surface area contributed by atoms with Crippen molar-refractivity contribution in [1.29, 1.82) is 5.41 Å². The number of amides is 1. The molecule has 4 nitrogen and oxygen atoms in total. The quantitative estimate of drug-likeness (QED) is 0.335. The molecule has 40 valence electrons. The molecule has 0 radical (unpaired) electrons. The highest BCUT2D eigenvalue weighted by molar-refractivity contribution is 5.83. The van der Waals surface area contributed by atoms with Gasteiger partial charge in [-0.25, -0.2) is 4.79 Å². The van der Waals surface area contributed by atoms with E-state index >= 15 is 0 Å². The van der Waals surface area contributed by atoms with Gasteiger partial charge in [-0.15, -0.1) is 0 Å². The van der Waals surface area contributed by atoms with Crippen LogP contribution in [0.1, 0.15) is 6.92 Å². The van der Waals surface area contributed by atoms with Crippen molar-refractivity contribution in [2.75, 3.05) is 0 Å². The lowest BCUT2D eigenvalue weighted by atomic mass is 10.8. The van der Waals surface area contributed by atoms with Crippen LogP contribution in [0.2, 0.25) is 0 Å². The molecule has 0 aliphatic rings. The number of primary amides is 1. The number of hydrogen-bond donors (Lipinski definition) is 2. The Morgan fingerprint density at radius 2 is 2.29 bits per heavy atom. The third kappa shape index (κ3) is 4.94. The van der Waals surface area contributed by atoms with Crippen LogP contribution in [0, 0.1) is 5.41 Å². The molecule has 4 heteroatoms. The lowest BCUT2D eigenvalue weighted by Crippen LogP contribution is -2.15. The number of hydrogen-bond acceptors (Lipinski definition) is 3. The molecule has 0 saturated carbocycles. The molecule has 1 amide bonds. The summed E-state index contributed by atoms with van der Waals surface area (Å²) in [7, 11) is 0. The van der Waals surface area contributed by atoms with Gasteiger partial charge in [-0.2, -0.15) is 0 Å². The van der Waals surface area contributed by atoms with Gasteiger partial charge in [0, 0.05) is 6.92 Å². The Hall–Kier alpha value is -1.06. The first-order valence-electron chi connectivity index (χ1n) is 1.65. The third-order valence-corrected chi connectivity index (χ3v) is 0.254. The maximum atomic E-state index is 9.67. The molecule has 0 aromatic heterocycles. The molecule has 3 N–H and O–H groups in total. The Labute approximate surface area is 40.8 Å². The Morgan fingerprint density at radius 1 is 1.86 bits per heavy atom. The van der Waals surface area contributed by atoms with Crippen molar-refractivity contribution < 1.29 is 9.53 Å². The first kappa shape index (κ1) is 5.94. The molecular formula is C3H6N2O2. The Bertz CT molecular complexity index is 87.1. The van der Waals surface area contributed by atoms with Crippen LogP contribution in [0.25, 0.3) is 0 Å². The minimum absolute atomic E-state index is 0.187. The SMILES string of the molecule is CC(=N)OC(N)=O. The van der Waals surface area contributed by atoms with Gasteiger partial charge in [0.25, 0.3) is 0 Å². The fourth-order valence-corrected chi connectivity index (χ4v) is 0.151. The van der Waals surface area contributed by atoms with Gasteiger partial charge in [0.1, 0.15) is 0 Å². The number of carbonyl (C=O) groups excluding carboxylic acids is 1. The summed E-state index contributed by atoms with van der Waals surface area (Å²) in [5, 5.41) is 6.50. The Kier molecular flexibility index (Phi) is 1.84. The van der Waals surface area contributed by atoms with E-state index in [1.807, 2.05) is 0 Å². The van der Waals surface area contributed by atoms with E-state index in [1.54, 1.807) is 0 Å². The largest absolute Gasteiger partial charge is 0.411 e. The molecular weight excluding hydrogens is 96.0 g/mol. The Morgan fingerprint density at radius 3 is 2.29 bits per heavy atom. The number of rotatable bonds is 0. The van der Waals surface area contributed by atoms with Crippen molar-refractivity contribution >= 4 is 12.0 Å². The van der Waals surface area contributed by atoms with Crippen LogP contribution in [0.15, 0.2) is 0 Å². The molecule has 0 aromatic rings. The van der Waals surface area contributed by atoms with E-state index in [4.69, 9.17) is 5.41 Å². The molecule has 0 heterocycles. The van der Waals surface area contributed by atoms with E-state index in [-0.39, 0.29) is 5.90 Å². The zero-order valence-electron chi connectivity index (χ0n) is 3.89. The van der Waals surface area contributed by atoms with Crippen LogP contribution in [-0.4, -0.2) is 12.0 Å². The molecule has 7 heavy (non-hydrogen) atoms. The van der Waals surface area contributed by atoms with Gasteiger partial charge >= 0.3 is 6.09 Å². The smallest absolute Gasteiger partial charge is 0.396 e. The summed E-state index contributed by atoms with van der Waals surface area (Å²) in [6, 6.07) is 0. The molecule has 0 aliphatic heterocycles. The summed E-state index contributed by atoms with van der Waals surface area (Å²) in [5.74, 6) is -0.187. The van der Waals surface area contributed by atoms with Crippen molar-refractivity contribution in [3.8, 4) is 0 Å². The van der Waals surface area contributed by atoms with E-state index in [2.05, 4.69) is 10.5 Å². The molecule has 0 unspecified atom stereocenters. The van der Waals surface area contributed by atoms with E-state index < -0.39 is 6.09 Å². The van der Waals surface area contributed by atoms with Gasteiger partial charge in [0.05, 0.1) is 0 Å². The van der Waals surface area contributed by atoms with Gasteiger partial charge in [0.2, 0.25) is 0 Å². The normalized spacial score (nSPS) is 7.57. The summed E-state index contributed by atoms with van der Waals surface area (Å²) in [4.78, 5) is 9.67. The first-order valence-corrected chi connectivity index (χ1v) is 1.65. The van der Waals surface area contributed by atoms with Crippen molar-refractivity contribution in [3.05, 3.63) is 0 Å². The van der Waals surface area contributed by atoms with E-state index in [1.165, 1.54) is 6.92 Å². The minimum Gasteiger partial charge on any atom is -0.396 e.